The molecule has 1 saturated heterocycles. The fourth-order valence-electron chi connectivity index (χ4n) is 2.14. The Hall–Kier alpha value is -1.00. The molecule has 0 unspecified atom stereocenters. The number of carbonyl (C=O) groups excluding carboxylic acids is 1. The minimum atomic E-state index is -3.65. The molecule has 0 atom stereocenters. The number of hydrogen-bond donors (Lipinski definition) is 1. The van der Waals surface area contributed by atoms with Gasteiger partial charge in [0.15, 0.2) is 0 Å². The zero-order chi connectivity index (χ0) is 16.2. The van der Waals surface area contributed by atoms with Crippen molar-refractivity contribution in [3.63, 3.8) is 0 Å². The molecule has 1 aromatic heterocycles. The Morgan fingerprint density at radius 2 is 2.14 bits per heavy atom. The third kappa shape index (κ3) is 3.66. The summed E-state index contributed by atoms with van der Waals surface area (Å²) in [6, 6.07) is 1.51. The number of amides is 1. The average molecular weight is 347 g/mol. The third-order valence-electron chi connectivity index (χ3n) is 3.46. The molecule has 0 aromatic carbocycles. The summed E-state index contributed by atoms with van der Waals surface area (Å²) in [7, 11) is -0.173. The van der Waals surface area contributed by atoms with Crippen molar-refractivity contribution in [1.29, 1.82) is 0 Å². The van der Waals surface area contributed by atoms with Gasteiger partial charge in [-0.3, -0.25) is 4.79 Å². The maximum Gasteiger partial charge on any atom is 0.265 e. The largest absolute Gasteiger partial charge is 0.379 e. The first-order valence-electron chi connectivity index (χ1n) is 7.04. The predicted molar refractivity (Wildman–Crippen MR) is 84.8 cm³/mol. The third-order valence-corrected chi connectivity index (χ3v) is 6.43. The van der Waals surface area contributed by atoms with E-state index in [1.165, 1.54) is 15.3 Å². The van der Waals surface area contributed by atoms with E-state index >= 15 is 0 Å². The number of hydrogen-bond acceptors (Lipinski definition) is 6. The summed E-state index contributed by atoms with van der Waals surface area (Å²) in [5.41, 5.74) is 0. The summed E-state index contributed by atoms with van der Waals surface area (Å²) in [5.74, 6) is -0.267. The predicted octanol–water partition coefficient (Wildman–Crippen LogP) is 0.0604. The van der Waals surface area contributed by atoms with Crippen molar-refractivity contribution in [2.75, 3.05) is 53.5 Å². The van der Waals surface area contributed by atoms with Gasteiger partial charge in [-0.2, -0.15) is 4.31 Å². The van der Waals surface area contributed by atoms with Crippen LogP contribution in [0.4, 0.5) is 0 Å². The van der Waals surface area contributed by atoms with E-state index in [2.05, 4.69) is 5.32 Å². The van der Waals surface area contributed by atoms with Crippen LogP contribution < -0.4 is 5.32 Å². The molecule has 1 N–H and O–H groups in total. The molecule has 0 radical (unpaired) electrons. The lowest BCUT2D eigenvalue weighted by Gasteiger charge is -2.26. The second kappa shape index (κ2) is 7.51. The molecule has 2 rings (SSSR count). The van der Waals surface area contributed by atoms with Crippen molar-refractivity contribution in [3.05, 3.63) is 16.3 Å². The van der Waals surface area contributed by atoms with Gasteiger partial charge in [-0.1, -0.05) is 0 Å². The number of carbonyl (C=O) groups is 1. The van der Waals surface area contributed by atoms with E-state index in [4.69, 9.17) is 4.74 Å². The zero-order valence-electron chi connectivity index (χ0n) is 12.7. The number of ether oxygens (including phenoxy) is 1. The molecule has 0 aliphatic carbocycles. The fraction of sp³-hybridized carbons (Fsp3) is 0.615. The molecule has 7 nitrogen and oxygen atoms in total. The molecular weight excluding hydrogens is 326 g/mol. The van der Waals surface area contributed by atoms with Crippen molar-refractivity contribution in [3.8, 4) is 0 Å². The number of likely N-dealkylation sites (N-methyl/N-ethyl adjacent to an activating group) is 2. The van der Waals surface area contributed by atoms with Gasteiger partial charge >= 0.3 is 0 Å². The Labute approximate surface area is 134 Å². The van der Waals surface area contributed by atoms with E-state index in [0.717, 1.165) is 11.3 Å². The highest BCUT2D eigenvalue weighted by Gasteiger charge is 2.31. The number of morpholine rings is 1. The zero-order valence-corrected chi connectivity index (χ0v) is 14.4. The van der Waals surface area contributed by atoms with Crippen molar-refractivity contribution >= 4 is 27.3 Å². The number of nitrogens with one attached hydrogen (secondary N) is 1. The van der Waals surface area contributed by atoms with Gasteiger partial charge in [0.05, 0.1) is 13.2 Å². The van der Waals surface area contributed by atoms with Crippen molar-refractivity contribution < 1.29 is 17.9 Å². The Morgan fingerprint density at radius 3 is 2.77 bits per heavy atom. The molecular formula is C13H21N3O4S2. The quantitative estimate of drug-likeness (QED) is 0.787. The highest BCUT2D eigenvalue weighted by atomic mass is 32.2. The van der Waals surface area contributed by atoms with Crippen LogP contribution in [0.1, 0.15) is 9.67 Å². The Morgan fingerprint density at radius 1 is 1.45 bits per heavy atom. The van der Waals surface area contributed by atoms with E-state index in [9.17, 15) is 13.2 Å². The van der Waals surface area contributed by atoms with E-state index in [1.54, 1.807) is 19.5 Å². The summed E-state index contributed by atoms with van der Waals surface area (Å²) >= 11 is 1.16. The van der Waals surface area contributed by atoms with Crippen LogP contribution in [0, 0.1) is 0 Å². The lowest BCUT2D eigenvalue weighted by molar-refractivity contribution is 0.0728. The molecule has 0 spiro atoms. The van der Waals surface area contributed by atoms with Crippen LogP contribution in [0.15, 0.2) is 16.3 Å². The van der Waals surface area contributed by atoms with Gasteiger partial charge in [-0.25, -0.2) is 8.42 Å². The van der Waals surface area contributed by atoms with Crippen LogP contribution in [0.2, 0.25) is 0 Å². The van der Waals surface area contributed by atoms with Gasteiger partial charge in [0.25, 0.3) is 5.91 Å². The molecule has 0 saturated carbocycles. The summed E-state index contributed by atoms with van der Waals surface area (Å²) in [6.07, 6.45) is 0. The minimum absolute atomic E-state index is 0.0979. The van der Waals surface area contributed by atoms with Crippen LogP contribution in [-0.2, 0) is 14.8 Å². The van der Waals surface area contributed by atoms with Crippen LogP contribution in [0.25, 0.3) is 0 Å². The fourth-order valence-corrected chi connectivity index (χ4v) is 4.93. The molecule has 22 heavy (non-hydrogen) atoms. The number of rotatable bonds is 6. The van der Waals surface area contributed by atoms with E-state index in [0.29, 0.717) is 39.4 Å². The molecule has 9 heteroatoms. The first-order valence-corrected chi connectivity index (χ1v) is 9.36. The second-order valence-electron chi connectivity index (χ2n) is 4.96. The number of nitrogens with zero attached hydrogens (tertiary/aromatic N) is 2. The Bertz CT molecular complexity index is 609. The molecule has 1 fully saturated rings. The SMILES string of the molecule is CNCCN(C)C(=O)c1sccc1S(=O)(=O)N1CCOCC1. The van der Waals surface area contributed by atoms with Crippen molar-refractivity contribution in [1.82, 2.24) is 14.5 Å². The first-order chi connectivity index (χ1) is 10.5. The summed E-state index contributed by atoms with van der Waals surface area (Å²) in [4.78, 5) is 14.4. The van der Waals surface area contributed by atoms with Crippen LogP contribution in [0.5, 0.6) is 0 Å². The highest BCUT2D eigenvalue weighted by molar-refractivity contribution is 7.89. The van der Waals surface area contributed by atoms with E-state index in [1.807, 2.05) is 0 Å². The lowest BCUT2D eigenvalue weighted by Crippen LogP contribution is -2.41. The first kappa shape index (κ1) is 17.4. The van der Waals surface area contributed by atoms with Gasteiger partial charge in [-0.15, -0.1) is 11.3 Å². The maximum absolute atomic E-state index is 12.7. The standard InChI is InChI=1S/C13H21N3O4S2/c1-14-4-5-15(2)13(17)12-11(3-10-21-12)22(18,19)16-6-8-20-9-7-16/h3,10,14H,4-9H2,1-2H3. The number of sulfonamides is 1. The average Bonchev–Trinajstić information content (AvgIpc) is 3.03. The molecule has 1 aliphatic rings. The van der Waals surface area contributed by atoms with E-state index < -0.39 is 10.0 Å². The van der Waals surface area contributed by atoms with Gasteiger partial charge in [0, 0.05) is 33.2 Å². The van der Waals surface area contributed by atoms with Gasteiger partial charge in [-0.05, 0) is 18.5 Å². The molecule has 2 heterocycles. The number of thiophene rings is 1. The smallest absolute Gasteiger partial charge is 0.265 e. The lowest BCUT2D eigenvalue weighted by atomic mass is 10.4. The molecule has 1 amide bonds. The van der Waals surface area contributed by atoms with Gasteiger partial charge in [0.2, 0.25) is 10.0 Å². The van der Waals surface area contributed by atoms with Crippen molar-refractivity contribution in [2.45, 2.75) is 4.90 Å². The summed E-state index contributed by atoms with van der Waals surface area (Å²) in [5, 5.41) is 4.61. The van der Waals surface area contributed by atoms with Crippen LogP contribution in [0.3, 0.4) is 0 Å². The van der Waals surface area contributed by atoms with Gasteiger partial charge in [0.1, 0.15) is 9.77 Å². The highest BCUT2D eigenvalue weighted by Crippen LogP contribution is 2.26. The molecule has 1 aromatic rings. The topological polar surface area (TPSA) is 79.0 Å². The normalized spacial score (nSPS) is 16.6. The Kier molecular flexibility index (Phi) is 5.93. The van der Waals surface area contributed by atoms with E-state index in [-0.39, 0.29) is 15.7 Å². The molecule has 1 aliphatic heterocycles. The minimum Gasteiger partial charge on any atom is -0.379 e. The molecule has 0 bridgehead atoms. The summed E-state index contributed by atoms with van der Waals surface area (Å²) in [6.45, 7) is 2.58. The van der Waals surface area contributed by atoms with Crippen molar-refractivity contribution in [2.24, 2.45) is 0 Å². The monoisotopic (exact) mass is 347 g/mol. The molecule has 124 valence electrons. The Balaban J connectivity index is 2.23. The van der Waals surface area contributed by atoms with Crippen LogP contribution in [-0.4, -0.2) is 77.0 Å². The second-order valence-corrected chi connectivity index (χ2v) is 7.78. The summed E-state index contributed by atoms with van der Waals surface area (Å²) < 4.78 is 32.0. The maximum atomic E-state index is 12.7. The van der Waals surface area contributed by atoms with Gasteiger partial charge < -0.3 is 15.0 Å². The van der Waals surface area contributed by atoms with Crippen LogP contribution >= 0.6 is 11.3 Å².